The van der Waals surface area contributed by atoms with Gasteiger partial charge < -0.3 is 0 Å². The third kappa shape index (κ3) is 187. The molecular weight excluding hydrogens is 236 g/mol. The van der Waals surface area contributed by atoms with Crippen LogP contribution < -0.4 is 0 Å². The van der Waals surface area contributed by atoms with Crippen molar-refractivity contribution in [1.29, 1.82) is 0 Å². The van der Waals surface area contributed by atoms with Gasteiger partial charge in [0.15, 0.2) is 0 Å². The van der Waals surface area contributed by atoms with Crippen LogP contribution in [0.1, 0.15) is 0 Å². The van der Waals surface area contributed by atoms with E-state index in [0.29, 0.717) is 0 Å². The molecule has 0 atom stereocenters. The summed E-state index contributed by atoms with van der Waals surface area (Å²) in [5, 5.41) is 0. The van der Waals surface area contributed by atoms with Crippen LogP contribution in [-0.2, 0) is 45.1 Å². The maximum absolute atomic E-state index is 8.74. The average molecular weight is 239 g/mol. The van der Waals surface area contributed by atoms with Gasteiger partial charge in [-0.3, -0.25) is 9.11 Å². The van der Waals surface area contributed by atoms with Gasteiger partial charge in [0.05, 0.1) is 0 Å². The van der Waals surface area contributed by atoms with Crippen molar-refractivity contribution >= 4 is 22.8 Å². The van der Waals surface area contributed by atoms with Crippen LogP contribution in [0.15, 0.2) is 0 Å². The first kappa shape index (κ1) is 22.9. The fraction of sp³-hybridized carbons (Fsp3) is 0. The van der Waals surface area contributed by atoms with Gasteiger partial charge in [-0.1, -0.05) is 0 Å². The van der Waals surface area contributed by atoms with Crippen molar-refractivity contribution in [3.8, 4) is 0 Å². The van der Waals surface area contributed by atoms with Crippen LogP contribution in [0, 0.1) is 0 Å². The van der Waals surface area contributed by atoms with Crippen molar-refractivity contribution in [2.45, 2.75) is 0 Å². The fourth-order valence-electron chi connectivity index (χ4n) is 0. The Morgan fingerprint density at radius 3 is 1.00 bits per heavy atom. The summed E-state index contributed by atoms with van der Waals surface area (Å²) in [5.74, 6) is 0. The van der Waals surface area contributed by atoms with E-state index in [1.807, 2.05) is 0 Å². The molecule has 0 saturated heterocycles. The van der Waals surface area contributed by atoms with E-state index in [4.69, 9.17) is 17.5 Å². The minimum absolute atomic E-state index is 0. The molecule has 4 nitrogen and oxygen atoms in total. The summed E-state index contributed by atoms with van der Waals surface area (Å²) in [6, 6.07) is 0. The predicted molar refractivity (Wildman–Crippen MR) is 21.4 cm³/mol. The van der Waals surface area contributed by atoms with Gasteiger partial charge in [-0.2, -0.15) is 8.42 Å². The molecule has 0 rings (SSSR count). The molecule has 8 heavy (non-hydrogen) atoms. The van der Waals surface area contributed by atoms with Crippen molar-refractivity contribution in [3.05, 3.63) is 0 Å². The Morgan fingerprint density at radius 2 is 1.00 bits per heavy atom. The third-order valence-corrected chi connectivity index (χ3v) is 0. The Hall–Kier alpha value is 1.22. The van der Waals surface area contributed by atoms with Crippen molar-refractivity contribution in [2.24, 2.45) is 0 Å². The summed E-state index contributed by atoms with van der Waals surface area (Å²) in [6.45, 7) is 0. The quantitative estimate of drug-likeness (QED) is 0.572. The molecule has 0 radical (unpaired) electrons. The van der Waals surface area contributed by atoms with E-state index < -0.39 is 10.4 Å². The Morgan fingerprint density at radius 1 is 1.00 bits per heavy atom. The Labute approximate surface area is 74.9 Å². The van der Waals surface area contributed by atoms with Crippen molar-refractivity contribution in [3.63, 3.8) is 0 Å². The van der Waals surface area contributed by atoms with E-state index in [0.717, 1.165) is 0 Å². The van der Waals surface area contributed by atoms with E-state index >= 15 is 0 Å². The second kappa shape index (κ2) is 8.22. The molecule has 0 aliphatic rings. The Bertz CT molecular complexity index is 97.2. The number of halogens is 1. The molecule has 0 spiro atoms. The van der Waals surface area contributed by atoms with E-state index in [9.17, 15) is 0 Å². The summed E-state index contributed by atoms with van der Waals surface area (Å²) < 4.78 is 31.6. The van der Waals surface area contributed by atoms with Gasteiger partial charge >= 0.3 is 10.4 Å². The molecular formula is H3ClCr2O4S. The summed E-state index contributed by atoms with van der Waals surface area (Å²) in [7, 11) is -4.67. The zero-order valence-corrected chi connectivity index (χ0v) is 7.53. The molecule has 2 N–H and O–H groups in total. The first-order valence-corrected chi connectivity index (χ1v) is 2.10. The summed E-state index contributed by atoms with van der Waals surface area (Å²) in [4.78, 5) is 0. The van der Waals surface area contributed by atoms with Gasteiger partial charge in [0, 0.05) is 34.7 Å². The molecule has 0 fully saturated rings. The van der Waals surface area contributed by atoms with Gasteiger partial charge in [-0.15, -0.1) is 12.4 Å². The van der Waals surface area contributed by atoms with E-state index in [1.165, 1.54) is 0 Å². The first-order chi connectivity index (χ1) is 2.00. The summed E-state index contributed by atoms with van der Waals surface area (Å²) in [5.41, 5.74) is 0. The number of hydrogen-bond acceptors (Lipinski definition) is 2. The van der Waals surface area contributed by atoms with E-state index in [-0.39, 0.29) is 47.1 Å². The minimum atomic E-state index is -4.67. The molecule has 0 aromatic rings. The van der Waals surface area contributed by atoms with Crippen LogP contribution in [0.3, 0.4) is 0 Å². The molecule has 52 valence electrons. The molecule has 0 aromatic carbocycles. The van der Waals surface area contributed by atoms with Gasteiger partial charge in [-0.05, 0) is 0 Å². The molecule has 0 bridgehead atoms. The maximum atomic E-state index is 8.74. The average Bonchev–Trinajstić information content (AvgIpc) is 0.722. The van der Waals surface area contributed by atoms with Gasteiger partial charge in [0.2, 0.25) is 0 Å². The zero-order valence-electron chi connectivity index (χ0n) is 3.34. The molecule has 0 heterocycles. The molecule has 0 unspecified atom stereocenters. The van der Waals surface area contributed by atoms with Crippen molar-refractivity contribution < 1.29 is 52.2 Å². The molecule has 0 aliphatic carbocycles. The molecule has 0 saturated carbocycles. The zero-order chi connectivity index (χ0) is 4.50. The van der Waals surface area contributed by atoms with Crippen LogP contribution in [0.2, 0.25) is 0 Å². The molecule has 0 aromatic heterocycles. The predicted octanol–water partition coefficient (Wildman–Crippen LogP) is -0.236. The van der Waals surface area contributed by atoms with Gasteiger partial charge in [0.1, 0.15) is 0 Å². The molecule has 8 heteroatoms. The molecule has 0 amide bonds. The van der Waals surface area contributed by atoms with Crippen molar-refractivity contribution in [1.82, 2.24) is 0 Å². The van der Waals surface area contributed by atoms with Crippen LogP contribution in [-0.4, -0.2) is 17.5 Å². The van der Waals surface area contributed by atoms with Crippen LogP contribution in [0.4, 0.5) is 0 Å². The second-order valence-electron chi connectivity index (χ2n) is 0.448. The Balaban J connectivity index is -0.0000000267. The van der Waals surface area contributed by atoms with Crippen LogP contribution >= 0.6 is 12.4 Å². The van der Waals surface area contributed by atoms with Crippen LogP contribution in [0.25, 0.3) is 0 Å². The number of hydrogen-bond donors (Lipinski definition) is 2. The summed E-state index contributed by atoms with van der Waals surface area (Å²) in [6.07, 6.45) is 0. The molecule has 0 aliphatic heterocycles. The topological polar surface area (TPSA) is 74.6 Å². The SMILES string of the molecule is Cl.O=S(=O)(O)O.[Cr].[Cr]. The minimum Gasteiger partial charge on any atom is -0.264 e. The fourth-order valence-corrected chi connectivity index (χ4v) is 0. The largest absolute Gasteiger partial charge is 0.394 e. The second-order valence-corrected chi connectivity index (χ2v) is 1.34. The first-order valence-electron chi connectivity index (χ1n) is 0.698. The maximum Gasteiger partial charge on any atom is 0.394 e. The monoisotopic (exact) mass is 238 g/mol. The van der Waals surface area contributed by atoms with E-state index in [1.54, 1.807) is 0 Å². The third-order valence-electron chi connectivity index (χ3n) is 0. The van der Waals surface area contributed by atoms with Crippen molar-refractivity contribution in [2.75, 3.05) is 0 Å². The standard InChI is InChI=1S/ClH.2Cr.H2O4S/c;;;1-5(2,3)4/h1H;;;(H2,1,2,3,4). The normalized spacial score (nSPS) is 7.25. The van der Waals surface area contributed by atoms with Gasteiger partial charge in [-0.25, -0.2) is 0 Å². The number of rotatable bonds is 0. The smallest absolute Gasteiger partial charge is 0.264 e. The van der Waals surface area contributed by atoms with Gasteiger partial charge in [0.25, 0.3) is 0 Å². The van der Waals surface area contributed by atoms with E-state index in [2.05, 4.69) is 0 Å². The Kier molecular flexibility index (Phi) is 23.5. The van der Waals surface area contributed by atoms with Crippen LogP contribution in [0.5, 0.6) is 0 Å². The summed E-state index contributed by atoms with van der Waals surface area (Å²) >= 11 is 0.